The SMILES string of the molecule is CCc1ccccc1CNS(=O)(=O)c1c[nH]c(CN)c1. The number of nitrogens with two attached hydrogens (primary N) is 1. The third kappa shape index (κ3) is 3.27. The highest BCUT2D eigenvalue weighted by molar-refractivity contribution is 7.89. The Kier molecular flexibility index (Phi) is 4.59. The van der Waals surface area contributed by atoms with Crippen molar-refractivity contribution in [2.24, 2.45) is 5.73 Å². The van der Waals surface area contributed by atoms with Crippen LogP contribution in [0.15, 0.2) is 41.4 Å². The Bertz CT molecular complexity index is 677. The average molecular weight is 293 g/mol. The van der Waals surface area contributed by atoms with Gasteiger partial charge >= 0.3 is 0 Å². The number of H-pyrrole nitrogens is 1. The fraction of sp³-hybridized carbons (Fsp3) is 0.286. The van der Waals surface area contributed by atoms with Gasteiger partial charge in [0.1, 0.15) is 0 Å². The minimum Gasteiger partial charge on any atom is -0.363 e. The third-order valence-corrected chi connectivity index (χ3v) is 4.58. The van der Waals surface area contributed by atoms with E-state index in [0.29, 0.717) is 5.69 Å². The third-order valence-electron chi connectivity index (χ3n) is 3.20. The predicted octanol–water partition coefficient (Wildman–Crippen LogP) is 1.51. The minimum atomic E-state index is -3.51. The summed E-state index contributed by atoms with van der Waals surface area (Å²) in [7, 11) is -3.51. The number of nitrogens with one attached hydrogen (secondary N) is 2. The highest BCUT2D eigenvalue weighted by atomic mass is 32.2. The first-order valence-corrected chi connectivity index (χ1v) is 7.99. The molecule has 108 valence electrons. The van der Waals surface area contributed by atoms with Gasteiger partial charge in [-0.05, 0) is 23.6 Å². The number of benzene rings is 1. The lowest BCUT2D eigenvalue weighted by Crippen LogP contribution is -2.23. The molecule has 0 amide bonds. The van der Waals surface area contributed by atoms with Crippen molar-refractivity contribution >= 4 is 10.0 Å². The highest BCUT2D eigenvalue weighted by Crippen LogP contribution is 2.13. The molecule has 0 saturated heterocycles. The minimum absolute atomic E-state index is 0.215. The zero-order valence-corrected chi connectivity index (χ0v) is 12.2. The van der Waals surface area contributed by atoms with Gasteiger partial charge in [-0.2, -0.15) is 0 Å². The van der Waals surface area contributed by atoms with Crippen LogP contribution in [0.3, 0.4) is 0 Å². The molecule has 0 aliphatic heterocycles. The topological polar surface area (TPSA) is 88.0 Å². The maximum Gasteiger partial charge on any atom is 0.242 e. The van der Waals surface area contributed by atoms with Gasteiger partial charge in [-0.15, -0.1) is 0 Å². The molecule has 5 nitrogen and oxygen atoms in total. The summed E-state index contributed by atoms with van der Waals surface area (Å²) in [5, 5.41) is 0. The van der Waals surface area contributed by atoms with Gasteiger partial charge in [0.15, 0.2) is 0 Å². The van der Waals surface area contributed by atoms with Crippen molar-refractivity contribution in [3.63, 3.8) is 0 Å². The quantitative estimate of drug-likeness (QED) is 0.754. The number of rotatable bonds is 6. The van der Waals surface area contributed by atoms with Crippen LogP contribution in [0.5, 0.6) is 0 Å². The second-order valence-corrected chi connectivity index (χ2v) is 6.28. The van der Waals surface area contributed by atoms with Gasteiger partial charge in [0.25, 0.3) is 0 Å². The number of hydrogen-bond acceptors (Lipinski definition) is 3. The largest absolute Gasteiger partial charge is 0.363 e. The summed E-state index contributed by atoms with van der Waals surface area (Å²) in [6.45, 7) is 2.62. The first-order valence-electron chi connectivity index (χ1n) is 6.50. The van der Waals surface area contributed by atoms with Gasteiger partial charge in [-0.1, -0.05) is 31.2 Å². The lowest BCUT2D eigenvalue weighted by Gasteiger charge is -2.09. The molecule has 1 aromatic carbocycles. The van der Waals surface area contributed by atoms with Crippen molar-refractivity contribution in [3.8, 4) is 0 Å². The number of aryl methyl sites for hydroxylation is 1. The van der Waals surface area contributed by atoms with E-state index in [1.54, 1.807) is 6.07 Å². The lowest BCUT2D eigenvalue weighted by molar-refractivity contribution is 0.581. The molecule has 2 aromatic rings. The van der Waals surface area contributed by atoms with Crippen molar-refractivity contribution in [3.05, 3.63) is 53.3 Å². The average Bonchev–Trinajstić information content (AvgIpc) is 2.95. The summed E-state index contributed by atoms with van der Waals surface area (Å²) in [6, 6.07) is 9.35. The number of hydrogen-bond donors (Lipinski definition) is 3. The zero-order chi connectivity index (χ0) is 14.6. The maximum absolute atomic E-state index is 12.2. The second-order valence-electron chi connectivity index (χ2n) is 4.51. The van der Waals surface area contributed by atoms with Crippen LogP contribution in [0.4, 0.5) is 0 Å². The Morgan fingerprint density at radius 2 is 1.95 bits per heavy atom. The summed E-state index contributed by atoms with van der Waals surface area (Å²) >= 11 is 0. The molecular weight excluding hydrogens is 274 g/mol. The smallest absolute Gasteiger partial charge is 0.242 e. The number of aromatic amines is 1. The Hall–Kier alpha value is -1.63. The van der Waals surface area contributed by atoms with Crippen molar-refractivity contribution in [2.75, 3.05) is 0 Å². The summed E-state index contributed by atoms with van der Waals surface area (Å²) in [5.41, 5.74) is 8.30. The molecule has 0 unspecified atom stereocenters. The number of sulfonamides is 1. The second kappa shape index (κ2) is 6.21. The van der Waals surface area contributed by atoms with Crippen LogP contribution >= 0.6 is 0 Å². The normalized spacial score (nSPS) is 11.7. The van der Waals surface area contributed by atoms with E-state index in [-0.39, 0.29) is 18.0 Å². The molecule has 0 aliphatic carbocycles. The lowest BCUT2D eigenvalue weighted by atomic mass is 10.1. The summed E-state index contributed by atoms with van der Waals surface area (Å²) in [4.78, 5) is 3.05. The molecule has 4 N–H and O–H groups in total. The van der Waals surface area contributed by atoms with Crippen molar-refractivity contribution in [1.82, 2.24) is 9.71 Å². The van der Waals surface area contributed by atoms with Gasteiger partial charge in [-0.3, -0.25) is 0 Å². The Morgan fingerprint density at radius 1 is 1.25 bits per heavy atom. The van der Waals surface area contributed by atoms with E-state index < -0.39 is 10.0 Å². The van der Waals surface area contributed by atoms with Crippen LogP contribution in [0.25, 0.3) is 0 Å². The van der Waals surface area contributed by atoms with Crippen LogP contribution in [-0.4, -0.2) is 13.4 Å². The molecule has 1 heterocycles. The Balaban J connectivity index is 2.13. The molecule has 2 rings (SSSR count). The maximum atomic E-state index is 12.2. The monoisotopic (exact) mass is 293 g/mol. The molecule has 0 spiro atoms. The Morgan fingerprint density at radius 3 is 2.55 bits per heavy atom. The van der Waals surface area contributed by atoms with E-state index in [9.17, 15) is 8.42 Å². The first kappa shape index (κ1) is 14.8. The van der Waals surface area contributed by atoms with Crippen LogP contribution in [0, 0.1) is 0 Å². The van der Waals surface area contributed by atoms with Gasteiger partial charge in [0.2, 0.25) is 10.0 Å². The molecule has 20 heavy (non-hydrogen) atoms. The van der Waals surface area contributed by atoms with Crippen LogP contribution in [0.2, 0.25) is 0 Å². The summed E-state index contributed by atoms with van der Waals surface area (Å²) in [6.07, 6.45) is 2.33. The standard InChI is InChI=1S/C14H19N3O2S/c1-2-11-5-3-4-6-12(11)9-17-20(18,19)14-7-13(8-15)16-10-14/h3-7,10,16-17H,2,8-9,15H2,1H3. The molecule has 0 saturated carbocycles. The van der Waals surface area contributed by atoms with E-state index >= 15 is 0 Å². The highest BCUT2D eigenvalue weighted by Gasteiger charge is 2.15. The van der Waals surface area contributed by atoms with Crippen LogP contribution in [-0.2, 0) is 29.5 Å². The van der Waals surface area contributed by atoms with Crippen LogP contribution < -0.4 is 10.5 Å². The van der Waals surface area contributed by atoms with E-state index in [1.807, 2.05) is 31.2 Å². The van der Waals surface area contributed by atoms with Crippen molar-refractivity contribution in [1.29, 1.82) is 0 Å². The molecule has 0 aliphatic rings. The van der Waals surface area contributed by atoms with Gasteiger partial charge in [0, 0.05) is 25.0 Å². The van der Waals surface area contributed by atoms with Gasteiger partial charge in [0.05, 0.1) is 4.90 Å². The molecule has 0 fully saturated rings. The molecule has 0 bridgehead atoms. The molecular formula is C14H19N3O2S. The van der Waals surface area contributed by atoms with Gasteiger partial charge < -0.3 is 10.7 Å². The fourth-order valence-corrected chi connectivity index (χ4v) is 3.05. The summed E-state index contributed by atoms with van der Waals surface area (Å²) < 4.78 is 26.9. The zero-order valence-electron chi connectivity index (χ0n) is 11.4. The van der Waals surface area contributed by atoms with E-state index in [2.05, 4.69) is 9.71 Å². The van der Waals surface area contributed by atoms with Gasteiger partial charge in [-0.25, -0.2) is 13.1 Å². The first-order chi connectivity index (χ1) is 9.56. The van der Waals surface area contributed by atoms with Crippen molar-refractivity contribution < 1.29 is 8.42 Å². The van der Waals surface area contributed by atoms with E-state index in [0.717, 1.165) is 17.5 Å². The fourth-order valence-electron chi connectivity index (χ4n) is 2.02. The number of aromatic nitrogens is 1. The van der Waals surface area contributed by atoms with Crippen molar-refractivity contribution in [2.45, 2.75) is 31.3 Å². The van der Waals surface area contributed by atoms with E-state index in [4.69, 9.17) is 5.73 Å². The van der Waals surface area contributed by atoms with E-state index in [1.165, 1.54) is 6.20 Å². The molecule has 1 aromatic heterocycles. The van der Waals surface area contributed by atoms with Crippen LogP contribution in [0.1, 0.15) is 23.7 Å². The molecule has 0 radical (unpaired) electrons. The predicted molar refractivity (Wildman–Crippen MR) is 78.5 cm³/mol. The summed E-state index contributed by atoms with van der Waals surface area (Å²) in [5.74, 6) is 0. The molecule has 6 heteroatoms. The molecule has 0 atom stereocenters. The Labute approximate surface area is 119 Å².